The lowest BCUT2D eigenvalue weighted by atomic mass is 10.1. The van der Waals surface area contributed by atoms with E-state index in [1.807, 2.05) is 0 Å². The minimum Gasteiger partial charge on any atom is -0.504 e. The zero-order valence-electron chi connectivity index (χ0n) is 19.9. The highest BCUT2D eigenvalue weighted by Crippen LogP contribution is 2.27. The summed E-state index contributed by atoms with van der Waals surface area (Å²) in [4.78, 5) is 34.7. The van der Waals surface area contributed by atoms with E-state index in [2.05, 4.69) is 0 Å². The fourth-order valence-corrected chi connectivity index (χ4v) is 3.09. The number of benzene rings is 3. The topological polar surface area (TPSA) is 108 Å². The molecule has 0 heterocycles. The zero-order chi connectivity index (χ0) is 26.1. The van der Waals surface area contributed by atoms with Crippen LogP contribution in [-0.2, 0) is 14.4 Å². The van der Waals surface area contributed by atoms with Gasteiger partial charge in [-0.25, -0.2) is 4.79 Å². The SMILES string of the molecule is COc1cc(C=CC(=O)Oc2ccc(/C=C/c3cc(OC(C)=O)cc(OC(C)=O)c3)cc2)ccc1O. The molecule has 3 aromatic rings. The molecule has 0 spiro atoms. The predicted molar refractivity (Wildman–Crippen MR) is 134 cm³/mol. The fraction of sp³-hybridized carbons (Fsp3) is 0.107. The van der Waals surface area contributed by atoms with E-state index in [0.717, 1.165) is 5.56 Å². The molecule has 0 bridgehead atoms. The average Bonchev–Trinajstić information content (AvgIpc) is 2.82. The fourth-order valence-electron chi connectivity index (χ4n) is 3.09. The standard InChI is InChI=1S/C28H24O8/c1-18(29)34-24-14-22(15-25(17-24)35-19(2)30)5-4-20-6-10-23(11-7-20)36-28(32)13-9-21-8-12-26(31)27(16-21)33-3/h4-17,31H,1-3H3/b5-4+,13-9?. The molecule has 0 unspecified atom stereocenters. The summed E-state index contributed by atoms with van der Waals surface area (Å²) in [5.74, 6) is -0.378. The third-order valence-corrected chi connectivity index (χ3v) is 4.61. The minimum atomic E-state index is -0.564. The minimum absolute atomic E-state index is 0.00768. The molecule has 0 aliphatic heterocycles. The highest BCUT2D eigenvalue weighted by atomic mass is 16.5. The van der Waals surface area contributed by atoms with Crippen LogP contribution in [0, 0.1) is 0 Å². The van der Waals surface area contributed by atoms with Crippen molar-refractivity contribution in [3.63, 3.8) is 0 Å². The van der Waals surface area contributed by atoms with Gasteiger partial charge in [0.05, 0.1) is 7.11 Å². The van der Waals surface area contributed by atoms with Crippen LogP contribution in [0.25, 0.3) is 18.2 Å². The summed E-state index contributed by atoms with van der Waals surface area (Å²) in [6.07, 6.45) is 6.38. The highest BCUT2D eigenvalue weighted by Gasteiger charge is 2.07. The second-order valence-corrected chi connectivity index (χ2v) is 7.51. The van der Waals surface area contributed by atoms with Crippen molar-refractivity contribution in [3.8, 4) is 28.7 Å². The van der Waals surface area contributed by atoms with Gasteiger partial charge in [0.25, 0.3) is 0 Å². The quantitative estimate of drug-likeness (QED) is 0.203. The number of hydrogen-bond donors (Lipinski definition) is 1. The van der Waals surface area contributed by atoms with Gasteiger partial charge in [-0.2, -0.15) is 0 Å². The number of esters is 3. The Hall–Kier alpha value is -4.85. The van der Waals surface area contributed by atoms with Gasteiger partial charge >= 0.3 is 17.9 Å². The van der Waals surface area contributed by atoms with Gasteiger partial charge in [-0.05, 0) is 59.2 Å². The Balaban J connectivity index is 1.66. The van der Waals surface area contributed by atoms with Gasteiger partial charge in [-0.3, -0.25) is 9.59 Å². The zero-order valence-corrected chi connectivity index (χ0v) is 19.9. The molecule has 3 rings (SSSR count). The third kappa shape index (κ3) is 7.88. The summed E-state index contributed by atoms with van der Waals surface area (Å²) in [5, 5.41) is 9.64. The molecule has 3 aromatic carbocycles. The summed E-state index contributed by atoms with van der Waals surface area (Å²) in [5.41, 5.74) is 2.13. The Morgan fingerprint density at radius 2 is 1.25 bits per heavy atom. The van der Waals surface area contributed by atoms with Crippen molar-refractivity contribution < 1.29 is 38.4 Å². The summed E-state index contributed by atoms with van der Waals surface area (Å²) in [6.45, 7) is 2.56. The van der Waals surface area contributed by atoms with E-state index >= 15 is 0 Å². The van der Waals surface area contributed by atoms with Crippen molar-refractivity contribution in [2.45, 2.75) is 13.8 Å². The third-order valence-electron chi connectivity index (χ3n) is 4.61. The average molecular weight is 488 g/mol. The highest BCUT2D eigenvalue weighted by molar-refractivity contribution is 5.89. The number of phenolic OH excluding ortho intramolecular Hbond substituents is 1. The van der Waals surface area contributed by atoms with Crippen LogP contribution in [0.1, 0.15) is 30.5 Å². The molecule has 1 N–H and O–H groups in total. The van der Waals surface area contributed by atoms with Crippen LogP contribution in [0.2, 0.25) is 0 Å². The Kier molecular flexibility index (Phi) is 8.61. The Labute approximate surface area is 208 Å². The van der Waals surface area contributed by atoms with Crippen molar-refractivity contribution in [1.29, 1.82) is 0 Å². The van der Waals surface area contributed by atoms with Gasteiger partial charge in [-0.15, -0.1) is 0 Å². The van der Waals surface area contributed by atoms with Gasteiger partial charge in [0.1, 0.15) is 17.2 Å². The van der Waals surface area contributed by atoms with Gasteiger partial charge in [0, 0.05) is 26.0 Å². The first-order chi connectivity index (χ1) is 17.2. The predicted octanol–water partition coefficient (Wildman–Crippen LogP) is 5.04. The van der Waals surface area contributed by atoms with Gasteiger partial charge < -0.3 is 24.1 Å². The summed E-state index contributed by atoms with van der Waals surface area (Å²) in [7, 11) is 1.44. The van der Waals surface area contributed by atoms with Crippen LogP contribution in [-0.4, -0.2) is 30.1 Å². The van der Waals surface area contributed by atoms with Crippen LogP contribution < -0.4 is 18.9 Å². The second kappa shape index (κ2) is 12.0. The van der Waals surface area contributed by atoms with Crippen molar-refractivity contribution in [3.05, 3.63) is 83.4 Å². The van der Waals surface area contributed by atoms with Crippen molar-refractivity contribution in [2.24, 2.45) is 0 Å². The molecule has 36 heavy (non-hydrogen) atoms. The van der Waals surface area contributed by atoms with Gasteiger partial charge in [0.15, 0.2) is 11.5 Å². The lowest BCUT2D eigenvalue weighted by Crippen LogP contribution is -2.04. The number of carbonyl (C=O) groups is 3. The second-order valence-electron chi connectivity index (χ2n) is 7.51. The smallest absolute Gasteiger partial charge is 0.336 e. The largest absolute Gasteiger partial charge is 0.504 e. The first-order valence-corrected chi connectivity index (χ1v) is 10.8. The number of carbonyl (C=O) groups excluding carboxylic acids is 3. The van der Waals surface area contributed by atoms with E-state index in [1.165, 1.54) is 39.2 Å². The van der Waals surface area contributed by atoms with E-state index in [-0.39, 0.29) is 17.2 Å². The molecule has 0 aliphatic carbocycles. The Bertz CT molecular complexity index is 1290. The molecule has 8 nitrogen and oxygen atoms in total. The molecule has 0 amide bonds. The summed E-state index contributed by atoms with van der Waals surface area (Å²) < 4.78 is 20.6. The molecular weight excluding hydrogens is 464 g/mol. The number of ether oxygens (including phenoxy) is 4. The lowest BCUT2D eigenvalue weighted by molar-refractivity contribution is -0.132. The Morgan fingerprint density at radius 1 is 0.667 bits per heavy atom. The maximum atomic E-state index is 12.1. The molecule has 0 aromatic heterocycles. The number of methoxy groups -OCH3 is 1. The van der Waals surface area contributed by atoms with Crippen molar-refractivity contribution >= 4 is 36.1 Å². The van der Waals surface area contributed by atoms with Crippen LogP contribution in [0.3, 0.4) is 0 Å². The van der Waals surface area contributed by atoms with E-state index in [4.69, 9.17) is 18.9 Å². The van der Waals surface area contributed by atoms with Gasteiger partial charge in [-0.1, -0.05) is 30.4 Å². The molecule has 0 saturated carbocycles. The first-order valence-electron chi connectivity index (χ1n) is 10.8. The summed E-state index contributed by atoms with van der Waals surface area (Å²) in [6, 6.07) is 16.2. The first kappa shape index (κ1) is 25.8. The van der Waals surface area contributed by atoms with Crippen molar-refractivity contribution in [1.82, 2.24) is 0 Å². The number of aromatic hydroxyl groups is 1. The van der Waals surface area contributed by atoms with Crippen LogP contribution in [0.15, 0.2) is 66.7 Å². The maximum absolute atomic E-state index is 12.1. The van der Waals surface area contributed by atoms with E-state index < -0.39 is 17.9 Å². The monoisotopic (exact) mass is 488 g/mol. The lowest BCUT2D eigenvalue weighted by Gasteiger charge is -2.07. The molecule has 0 saturated heterocycles. The molecular formula is C28H24O8. The molecule has 0 radical (unpaired) electrons. The Morgan fingerprint density at radius 3 is 1.83 bits per heavy atom. The molecule has 0 aliphatic rings. The number of hydrogen-bond acceptors (Lipinski definition) is 8. The van der Waals surface area contributed by atoms with Gasteiger partial charge in [0.2, 0.25) is 0 Å². The molecule has 184 valence electrons. The van der Waals surface area contributed by atoms with Crippen LogP contribution >= 0.6 is 0 Å². The van der Waals surface area contributed by atoms with Crippen LogP contribution in [0.5, 0.6) is 28.7 Å². The number of phenols is 1. The summed E-state index contributed by atoms with van der Waals surface area (Å²) >= 11 is 0. The van der Waals surface area contributed by atoms with Crippen LogP contribution in [0.4, 0.5) is 0 Å². The van der Waals surface area contributed by atoms with E-state index in [0.29, 0.717) is 22.6 Å². The maximum Gasteiger partial charge on any atom is 0.336 e. The number of rotatable bonds is 8. The van der Waals surface area contributed by atoms with Crippen molar-refractivity contribution in [2.75, 3.05) is 7.11 Å². The van der Waals surface area contributed by atoms with E-state index in [1.54, 1.807) is 66.8 Å². The normalized spacial score (nSPS) is 10.9. The molecule has 8 heteroatoms. The molecule has 0 atom stereocenters. The molecule has 0 fully saturated rings. The van der Waals surface area contributed by atoms with E-state index in [9.17, 15) is 19.5 Å².